The molecule has 0 radical (unpaired) electrons. The van der Waals surface area contributed by atoms with Gasteiger partial charge in [-0.25, -0.2) is 0 Å². The molecule has 0 atom stereocenters. The lowest BCUT2D eigenvalue weighted by Crippen LogP contribution is -2.28. The third kappa shape index (κ3) is 3.30. The number of thiazole rings is 1. The normalized spacial score (nSPS) is 11.9. The molecule has 0 aliphatic rings. The largest absolute Gasteiger partial charge is 0.366 e. The summed E-state index contributed by atoms with van der Waals surface area (Å²) in [6, 6.07) is 10.8. The zero-order valence-corrected chi connectivity index (χ0v) is 14.4. The van der Waals surface area contributed by atoms with Crippen LogP contribution < -0.4 is 5.32 Å². The van der Waals surface area contributed by atoms with Crippen LogP contribution in [0, 0.1) is 3.95 Å². The highest BCUT2D eigenvalue weighted by molar-refractivity contribution is 7.73. The number of nitrogens with one attached hydrogen (secondary N) is 1. The fraction of sp³-hybridized carbons (Fsp3) is 0.438. The van der Waals surface area contributed by atoms with E-state index in [-0.39, 0.29) is 5.54 Å². The molecule has 2 nitrogen and oxygen atoms in total. The Kier molecular flexibility index (Phi) is 4.35. The molecule has 1 aromatic heterocycles. The fourth-order valence-corrected chi connectivity index (χ4v) is 3.74. The fourth-order valence-electron chi connectivity index (χ4n) is 2.11. The molecule has 1 aromatic carbocycles. The molecule has 0 aliphatic heterocycles. The van der Waals surface area contributed by atoms with Crippen LogP contribution in [-0.2, 0) is 0 Å². The molecule has 2 rings (SSSR count). The van der Waals surface area contributed by atoms with Gasteiger partial charge in [-0.2, -0.15) is 0 Å². The van der Waals surface area contributed by atoms with Crippen molar-refractivity contribution in [3.8, 4) is 10.4 Å². The minimum atomic E-state index is 0.00299. The summed E-state index contributed by atoms with van der Waals surface area (Å²) in [4.78, 5) is 1.22. The Bertz CT molecular complexity index is 631. The van der Waals surface area contributed by atoms with E-state index in [0.29, 0.717) is 6.04 Å². The SMILES string of the molecule is CC(C)n1c(NC(C)(C)C)c(-c2ccccc2)sc1=S. The highest BCUT2D eigenvalue weighted by Gasteiger charge is 2.20. The van der Waals surface area contributed by atoms with Crippen molar-refractivity contribution >= 4 is 29.4 Å². The molecule has 0 saturated heterocycles. The van der Waals surface area contributed by atoms with Crippen LogP contribution in [-0.4, -0.2) is 10.1 Å². The smallest absolute Gasteiger partial charge is 0.163 e. The highest BCUT2D eigenvalue weighted by Crippen LogP contribution is 2.38. The molecule has 1 N–H and O–H groups in total. The van der Waals surface area contributed by atoms with E-state index >= 15 is 0 Å². The quantitative estimate of drug-likeness (QED) is 0.728. The second kappa shape index (κ2) is 5.70. The maximum absolute atomic E-state index is 5.57. The van der Waals surface area contributed by atoms with Crippen molar-refractivity contribution in [2.45, 2.75) is 46.2 Å². The van der Waals surface area contributed by atoms with Crippen molar-refractivity contribution in [3.05, 3.63) is 34.3 Å². The summed E-state index contributed by atoms with van der Waals surface area (Å²) in [5.74, 6) is 1.13. The molecular weight excluding hydrogens is 284 g/mol. The molecule has 1 heterocycles. The van der Waals surface area contributed by atoms with Crippen LogP contribution in [0.4, 0.5) is 5.82 Å². The van der Waals surface area contributed by atoms with Gasteiger partial charge in [0.1, 0.15) is 5.82 Å². The summed E-state index contributed by atoms with van der Waals surface area (Å²) < 4.78 is 3.14. The lowest BCUT2D eigenvalue weighted by Gasteiger charge is -2.25. The van der Waals surface area contributed by atoms with Crippen LogP contribution in [0.2, 0.25) is 0 Å². The van der Waals surface area contributed by atoms with Crippen molar-refractivity contribution in [3.63, 3.8) is 0 Å². The Morgan fingerprint density at radius 2 is 1.75 bits per heavy atom. The maximum atomic E-state index is 5.57. The first-order valence-electron chi connectivity index (χ1n) is 6.88. The second-order valence-electron chi connectivity index (χ2n) is 6.25. The molecule has 0 unspecified atom stereocenters. The van der Waals surface area contributed by atoms with Crippen LogP contribution in [0.1, 0.15) is 40.7 Å². The third-order valence-corrected chi connectivity index (χ3v) is 4.34. The number of rotatable bonds is 3. The van der Waals surface area contributed by atoms with Gasteiger partial charge in [0.15, 0.2) is 3.95 Å². The molecule has 20 heavy (non-hydrogen) atoms. The van der Waals surface area contributed by atoms with Crippen molar-refractivity contribution in [1.29, 1.82) is 0 Å². The maximum Gasteiger partial charge on any atom is 0.163 e. The molecule has 0 spiro atoms. The van der Waals surface area contributed by atoms with Crippen LogP contribution in [0.3, 0.4) is 0 Å². The van der Waals surface area contributed by atoms with Crippen molar-refractivity contribution < 1.29 is 0 Å². The van der Waals surface area contributed by atoms with Gasteiger partial charge in [-0.05, 0) is 52.4 Å². The van der Waals surface area contributed by atoms with Crippen molar-refractivity contribution in [2.75, 3.05) is 5.32 Å². The first kappa shape index (κ1) is 15.3. The summed E-state index contributed by atoms with van der Waals surface area (Å²) in [7, 11) is 0. The van der Waals surface area contributed by atoms with Gasteiger partial charge in [0.2, 0.25) is 0 Å². The van der Waals surface area contributed by atoms with Gasteiger partial charge >= 0.3 is 0 Å². The van der Waals surface area contributed by atoms with E-state index in [4.69, 9.17) is 12.2 Å². The second-order valence-corrected chi connectivity index (χ2v) is 7.89. The van der Waals surface area contributed by atoms with Gasteiger partial charge in [-0.3, -0.25) is 0 Å². The number of nitrogens with zero attached hydrogens (tertiary/aromatic N) is 1. The summed E-state index contributed by atoms with van der Waals surface area (Å²) in [6.45, 7) is 10.9. The van der Waals surface area contributed by atoms with Gasteiger partial charge in [-0.1, -0.05) is 30.3 Å². The molecule has 4 heteroatoms. The summed E-state index contributed by atoms with van der Waals surface area (Å²) >= 11 is 7.25. The number of hydrogen-bond donors (Lipinski definition) is 1. The van der Waals surface area contributed by atoms with Crippen LogP contribution in [0.15, 0.2) is 30.3 Å². The number of hydrogen-bond acceptors (Lipinski definition) is 3. The van der Waals surface area contributed by atoms with E-state index in [1.165, 1.54) is 10.4 Å². The van der Waals surface area contributed by atoms with Gasteiger partial charge < -0.3 is 9.88 Å². The minimum Gasteiger partial charge on any atom is -0.366 e. The van der Waals surface area contributed by atoms with E-state index in [9.17, 15) is 0 Å². The van der Waals surface area contributed by atoms with E-state index < -0.39 is 0 Å². The lowest BCUT2D eigenvalue weighted by molar-refractivity contribution is 0.575. The van der Waals surface area contributed by atoms with Gasteiger partial charge in [-0.15, -0.1) is 11.3 Å². The Hall–Kier alpha value is -1.13. The zero-order chi connectivity index (χ0) is 14.9. The van der Waals surface area contributed by atoms with E-state index in [1.54, 1.807) is 11.3 Å². The molecule has 0 bridgehead atoms. The number of aromatic nitrogens is 1. The predicted octanol–water partition coefficient (Wildman–Crippen LogP) is 5.74. The van der Waals surface area contributed by atoms with Gasteiger partial charge in [0.25, 0.3) is 0 Å². The van der Waals surface area contributed by atoms with Crippen LogP contribution in [0.25, 0.3) is 10.4 Å². The third-order valence-electron chi connectivity index (χ3n) is 2.89. The molecule has 0 fully saturated rings. The summed E-state index contributed by atoms with van der Waals surface area (Å²) in [6.07, 6.45) is 0. The first-order chi connectivity index (χ1) is 9.29. The van der Waals surface area contributed by atoms with E-state index in [1.807, 2.05) is 6.07 Å². The van der Waals surface area contributed by atoms with Gasteiger partial charge in [0.05, 0.1) is 4.88 Å². The van der Waals surface area contributed by atoms with Crippen LogP contribution in [0.5, 0.6) is 0 Å². The molecule has 0 aliphatic carbocycles. The molecular formula is C16H22N2S2. The Balaban J connectivity index is 2.63. The monoisotopic (exact) mass is 306 g/mol. The number of anilines is 1. The Morgan fingerprint density at radius 1 is 1.15 bits per heavy atom. The highest BCUT2D eigenvalue weighted by atomic mass is 32.1. The molecule has 0 amide bonds. The van der Waals surface area contributed by atoms with E-state index in [0.717, 1.165) is 9.77 Å². The van der Waals surface area contributed by atoms with Crippen molar-refractivity contribution in [2.24, 2.45) is 0 Å². The predicted molar refractivity (Wildman–Crippen MR) is 92.3 cm³/mol. The van der Waals surface area contributed by atoms with Crippen molar-refractivity contribution in [1.82, 2.24) is 4.57 Å². The van der Waals surface area contributed by atoms with Crippen LogP contribution >= 0.6 is 23.6 Å². The topological polar surface area (TPSA) is 17.0 Å². The molecule has 0 saturated carbocycles. The first-order valence-corrected chi connectivity index (χ1v) is 8.11. The van der Waals surface area contributed by atoms with Gasteiger partial charge in [0, 0.05) is 11.6 Å². The summed E-state index contributed by atoms with van der Waals surface area (Å²) in [5.41, 5.74) is 1.22. The summed E-state index contributed by atoms with van der Waals surface area (Å²) in [5, 5.41) is 3.63. The Morgan fingerprint density at radius 3 is 2.25 bits per heavy atom. The lowest BCUT2D eigenvalue weighted by atomic mass is 10.1. The Labute approximate surface area is 130 Å². The number of benzene rings is 1. The molecule has 2 aromatic rings. The minimum absolute atomic E-state index is 0.00299. The average Bonchev–Trinajstić information content (AvgIpc) is 2.65. The standard InChI is InChI=1S/C16H22N2S2/c1-11(2)18-14(17-16(3,4)5)13(20-15(18)19)12-9-7-6-8-10-12/h6-11,17H,1-5H3. The van der Waals surface area contributed by atoms with E-state index in [2.05, 4.69) is 68.8 Å². The molecule has 108 valence electrons. The zero-order valence-electron chi connectivity index (χ0n) is 12.7. The average molecular weight is 307 g/mol.